The van der Waals surface area contributed by atoms with Crippen molar-refractivity contribution in [2.75, 3.05) is 0 Å². The molecule has 1 aliphatic rings. The van der Waals surface area contributed by atoms with Crippen molar-refractivity contribution < 1.29 is 5.11 Å². The summed E-state index contributed by atoms with van der Waals surface area (Å²) in [6.07, 6.45) is 3.85. The minimum atomic E-state index is -0.156. The molecule has 1 aliphatic carbocycles. The first-order valence-electron chi connectivity index (χ1n) is 5.29. The Balaban J connectivity index is 2.10. The lowest BCUT2D eigenvalue weighted by molar-refractivity contribution is 0.133. The van der Waals surface area contributed by atoms with Crippen LogP contribution < -0.4 is 0 Å². The van der Waals surface area contributed by atoms with E-state index < -0.39 is 0 Å². The van der Waals surface area contributed by atoms with Gasteiger partial charge in [0.2, 0.25) is 0 Å². The summed E-state index contributed by atoms with van der Waals surface area (Å²) in [5.74, 6) is 0.365. The van der Waals surface area contributed by atoms with E-state index in [1.165, 1.54) is 0 Å². The van der Waals surface area contributed by atoms with Gasteiger partial charge < -0.3 is 5.11 Å². The molecule has 1 aromatic rings. The maximum atomic E-state index is 9.73. The van der Waals surface area contributed by atoms with E-state index in [2.05, 4.69) is 0 Å². The molecule has 0 spiro atoms. The maximum absolute atomic E-state index is 9.73. The summed E-state index contributed by atoms with van der Waals surface area (Å²) >= 11 is 11.9. The van der Waals surface area contributed by atoms with E-state index in [1.54, 1.807) is 6.07 Å². The van der Waals surface area contributed by atoms with Gasteiger partial charge in [-0.2, -0.15) is 0 Å². The van der Waals surface area contributed by atoms with Crippen LogP contribution in [0.1, 0.15) is 24.8 Å². The largest absolute Gasteiger partial charge is 0.393 e. The highest BCUT2D eigenvalue weighted by molar-refractivity contribution is 6.35. The Labute approximate surface area is 100 Å². The average Bonchev–Trinajstić information content (AvgIpc) is 2.57. The van der Waals surface area contributed by atoms with Crippen molar-refractivity contribution in [1.29, 1.82) is 0 Å². The highest BCUT2D eigenvalue weighted by Crippen LogP contribution is 2.31. The second kappa shape index (κ2) is 4.73. The fourth-order valence-corrected chi connectivity index (χ4v) is 2.71. The van der Waals surface area contributed by atoms with Crippen molar-refractivity contribution in [2.45, 2.75) is 31.8 Å². The Kier molecular flexibility index (Phi) is 3.55. The molecule has 2 atom stereocenters. The molecule has 1 nitrogen and oxygen atoms in total. The number of rotatable bonds is 2. The Morgan fingerprint density at radius 2 is 2.07 bits per heavy atom. The monoisotopic (exact) mass is 244 g/mol. The summed E-state index contributed by atoms with van der Waals surface area (Å²) in [5.41, 5.74) is 1.09. The van der Waals surface area contributed by atoms with Crippen molar-refractivity contribution in [3.8, 4) is 0 Å². The molecule has 0 aliphatic heterocycles. The van der Waals surface area contributed by atoms with Crippen molar-refractivity contribution in [3.63, 3.8) is 0 Å². The third-order valence-corrected chi connectivity index (χ3v) is 3.70. The van der Waals surface area contributed by atoms with E-state index in [9.17, 15) is 5.11 Å². The molecule has 0 radical (unpaired) electrons. The summed E-state index contributed by atoms with van der Waals surface area (Å²) in [6.45, 7) is 0. The number of hydrogen-bond acceptors (Lipinski definition) is 1. The van der Waals surface area contributed by atoms with Gasteiger partial charge in [-0.3, -0.25) is 0 Å². The molecule has 0 bridgehead atoms. The van der Waals surface area contributed by atoms with Crippen molar-refractivity contribution in [2.24, 2.45) is 5.92 Å². The number of aliphatic hydroxyl groups excluding tert-OH is 1. The van der Waals surface area contributed by atoms with Crippen LogP contribution in [-0.4, -0.2) is 11.2 Å². The Bertz CT molecular complexity index is 351. The minimum absolute atomic E-state index is 0.156. The van der Waals surface area contributed by atoms with Gasteiger partial charge in [-0.05, 0) is 42.9 Å². The predicted octanol–water partition coefficient (Wildman–Crippen LogP) is 3.70. The van der Waals surface area contributed by atoms with E-state index in [-0.39, 0.29) is 6.10 Å². The van der Waals surface area contributed by atoms with Crippen LogP contribution in [0.15, 0.2) is 18.2 Å². The number of hydrogen-bond donors (Lipinski definition) is 1. The Morgan fingerprint density at radius 3 is 2.67 bits per heavy atom. The van der Waals surface area contributed by atoms with Gasteiger partial charge in [0.1, 0.15) is 0 Å². The normalized spacial score (nSPS) is 25.8. The molecule has 2 unspecified atom stereocenters. The highest BCUT2D eigenvalue weighted by Gasteiger charge is 2.25. The number of benzene rings is 1. The van der Waals surface area contributed by atoms with Gasteiger partial charge >= 0.3 is 0 Å². The Morgan fingerprint density at radius 1 is 1.27 bits per heavy atom. The second-order valence-corrected chi connectivity index (χ2v) is 5.04. The molecule has 0 heterocycles. The molecular formula is C12H14Cl2O. The summed E-state index contributed by atoms with van der Waals surface area (Å²) in [4.78, 5) is 0. The summed E-state index contributed by atoms with van der Waals surface area (Å²) in [5, 5.41) is 11.1. The highest BCUT2D eigenvalue weighted by atomic mass is 35.5. The molecule has 1 fully saturated rings. The number of aliphatic hydroxyl groups is 1. The van der Waals surface area contributed by atoms with Gasteiger partial charge in [-0.1, -0.05) is 35.7 Å². The summed E-state index contributed by atoms with van der Waals surface area (Å²) < 4.78 is 0. The second-order valence-electron chi connectivity index (χ2n) is 4.20. The average molecular weight is 245 g/mol. The first-order valence-corrected chi connectivity index (χ1v) is 6.04. The topological polar surface area (TPSA) is 20.2 Å². The van der Waals surface area contributed by atoms with E-state index in [0.29, 0.717) is 16.0 Å². The van der Waals surface area contributed by atoms with Crippen molar-refractivity contribution >= 4 is 23.2 Å². The van der Waals surface area contributed by atoms with Gasteiger partial charge in [-0.25, -0.2) is 0 Å². The van der Waals surface area contributed by atoms with E-state index >= 15 is 0 Å². The molecule has 3 heteroatoms. The zero-order valence-corrected chi connectivity index (χ0v) is 9.93. The quantitative estimate of drug-likeness (QED) is 0.842. The molecular weight excluding hydrogens is 231 g/mol. The lowest BCUT2D eigenvalue weighted by Gasteiger charge is -2.15. The molecule has 0 saturated heterocycles. The molecule has 0 amide bonds. The smallest absolute Gasteiger partial charge is 0.0571 e. The lowest BCUT2D eigenvalue weighted by atomic mass is 9.96. The van der Waals surface area contributed by atoms with Gasteiger partial charge in [0, 0.05) is 10.0 Å². The lowest BCUT2D eigenvalue weighted by Crippen LogP contribution is -2.15. The van der Waals surface area contributed by atoms with E-state index in [0.717, 1.165) is 31.2 Å². The Hall–Kier alpha value is -0.240. The molecule has 2 rings (SSSR count). The van der Waals surface area contributed by atoms with Crippen LogP contribution in [0.3, 0.4) is 0 Å². The molecule has 1 aromatic carbocycles. The van der Waals surface area contributed by atoms with E-state index in [4.69, 9.17) is 23.2 Å². The maximum Gasteiger partial charge on any atom is 0.0571 e. The predicted molar refractivity (Wildman–Crippen MR) is 63.5 cm³/mol. The fourth-order valence-electron chi connectivity index (χ4n) is 2.23. The molecule has 15 heavy (non-hydrogen) atoms. The van der Waals surface area contributed by atoms with Crippen LogP contribution in [0.5, 0.6) is 0 Å². The van der Waals surface area contributed by atoms with Gasteiger partial charge in [0.25, 0.3) is 0 Å². The van der Waals surface area contributed by atoms with Crippen LogP contribution >= 0.6 is 23.2 Å². The first kappa shape index (κ1) is 11.3. The summed E-state index contributed by atoms with van der Waals surface area (Å²) in [6, 6.07) is 5.57. The van der Waals surface area contributed by atoms with Crippen LogP contribution in [-0.2, 0) is 6.42 Å². The van der Waals surface area contributed by atoms with Crippen molar-refractivity contribution in [1.82, 2.24) is 0 Å². The van der Waals surface area contributed by atoms with Crippen LogP contribution in [0, 0.1) is 5.92 Å². The molecule has 82 valence electrons. The SMILES string of the molecule is OC1CCCC1Cc1ccc(Cl)cc1Cl. The van der Waals surface area contributed by atoms with Crippen LogP contribution in [0.2, 0.25) is 10.0 Å². The van der Waals surface area contributed by atoms with Gasteiger partial charge in [0.15, 0.2) is 0 Å². The first-order chi connectivity index (χ1) is 7.16. The van der Waals surface area contributed by atoms with Crippen LogP contribution in [0.25, 0.3) is 0 Å². The standard InChI is InChI=1S/C12H14Cl2O/c13-10-5-4-8(11(14)7-10)6-9-2-1-3-12(9)15/h4-5,7,9,12,15H,1-3,6H2. The molecule has 1 saturated carbocycles. The zero-order valence-electron chi connectivity index (χ0n) is 8.42. The van der Waals surface area contributed by atoms with Gasteiger partial charge in [0.05, 0.1) is 6.10 Å². The van der Waals surface area contributed by atoms with Crippen molar-refractivity contribution in [3.05, 3.63) is 33.8 Å². The molecule has 0 aromatic heterocycles. The molecule has 1 N–H and O–H groups in total. The van der Waals surface area contributed by atoms with E-state index in [1.807, 2.05) is 12.1 Å². The zero-order chi connectivity index (χ0) is 10.8. The number of halogens is 2. The summed E-state index contributed by atoms with van der Waals surface area (Å²) in [7, 11) is 0. The minimum Gasteiger partial charge on any atom is -0.393 e. The fraction of sp³-hybridized carbons (Fsp3) is 0.500. The van der Waals surface area contributed by atoms with Gasteiger partial charge in [-0.15, -0.1) is 0 Å². The third kappa shape index (κ3) is 2.66. The third-order valence-electron chi connectivity index (χ3n) is 3.12. The van der Waals surface area contributed by atoms with Crippen LogP contribution in [0.4, 0.5) is 0 Å².